The molecule has 3 heterocycles. The number of aryl methyl sites for hydroxylation is 1. The Hall–Kier alpha value is -2.29. The number of carbonyl (C=O) groups excluding carboxylic acids is 1. The molecule has 0 radical (unpaired) electrons. The Bertz CT molecular complexity index is 785. The minimum absolute atomic E-state index is 0.0895. The summed E-state index contributed by atoms with van der Waals surface area (Å²) in [4.78, 5) is 17.3. The van der Waals surface area contributed by atoms with Crippen LogP contribution in [0.2, 0.25) is 0 Å². The molecule has 0 bridgehead atoms. The van der Waals surface area contributed by atoms with E-state index in [0.29, 0.717) is 16.9 Å². The number of rotatable bonds is 3. The van der Waals surface area contributed by atoms with Crippen LogP contribution < -0.4 is 10.0 Å². The maximum absolute atomic E-state index is 12.6. The molecule has 2 unspecified atom stereocenters. The van der Waals surface area contributed by atoms with Crippen LogP contribution in [0.3, 0.4) is 0 Å². The van der Waals surface area contributed by atoms with E-state index in [1.807, 2.05) is 0 Å². The Labute approximate surface area is 136 Å². The van der Waals surface area contributed by atoms with Crippen molar-refractivity contribution in [3.05, 3.63) is 48.1 Å². The lowest BCUT2D eigenvalue weighted by atomic mass is 10.1. The van der Waals surface area contributed by atoms with Crippen molar-refractivity contribution in [2.24, 2.45) is 7.05 Å². The van der Waals surface area contributed by atoms with Crippen molar-refractivity contribution < 1.29 is 9.90 Å². The van der Waals surface area contributed by atoms with Crippen LogP contribution in [0, 0.1) is 4.78 Å². The van der Waals surface area contributed by atoms with E-state index in [9.17, 15) is 9.90 Å². The van der Waals surface area contributed by atoms with E-state index in [4.69, 9.17) is 4.78 Å². The van der Waals surface area contributed by atoms with Crippen molar-refractivity contribution in [3.63, 3.8) is 0 Å². The van der Waals surface area contributed by atoms with Gasteiger partial charge in [0.2, 0.25) is 0 Å². The monoisotopic (exact) mass is 331 g/mol. The standard InChI is InChI=1S/C15H17N5O2S/c1-20-8-13-12(3-2-11(9-21)19-23(13)16)14(20)15(22)18-10-4-6-17-7-5-10/h2-8,11,21H,9H2,1H3,(H2,16,19)(H,17,18,22). The van der Waals surface area contributed by atoms with E-state index in [1.165, 1.54) is 0 Å². The number of pyridine rings is 1. The Morgan fingerprint density at radius 2 is 2.26 bits per heavy atom. The molecule has 0 aromatic carbocycles. The second-order valence-corrected chi connectivity index (χ2v) is 6.42. The molecular weight excluding hydrogens is 314 g/mol. The van der Waals surface area contributed by atoms with Crippen molar-refractivity contribution in [3.8, 4) is 0 Å². The summed E-state index contributed by atoms with van der Waals surface area (Å²) in [6.07, 6.45) is 8.58. The zero-order valence-electron chi connectivity index (χ0n) is 12.5. The van der Waals surface area contributed by atoms with E-state index in [0.717, 1.165) is 4.90 Å². The number of carbonyl (C=O) groups is 1. The smallest absolute Gasteiger partial charge is 0.272 e. The van der Waals surface area contributed by atoms with Gasteiger partial charge in [0, 0.05) is 36.9 Å². The third-order valence-electron chi connectivity index (χ3n) is 3.52. The Kier molecular flexibility index (Phi) is 4.37. The first-order valence-corrected chi connectivity index (χ1v) is 8.24. The molecule has 0 spiro atoms. The second kappa shape index (κ2) is 6.45. The van der Waals surface area contributed by atoms with Gasteiger partial charge in [0.1, 0.15) is 5.69 Å². The predicted molar refractivity (Wildman–Crippen MR) is 89.0 cm³/mol. The molecule has 1 amide bonds. The maximum atomic E-state index is 12.6. The predicted octanol–water partition coefficient (Wildman–Crippen LogP) is 1.30. The molecule has 0 fully saturated rings. The number of anilines is 1. The first-order chi connectivity index (χ1) is 11.1. The van der Waals surface area contributed by atoms with Crippen LogP contribution in [0.15, 0.2) is 41.7 Å². The van der Waals surface area contributed by atoms with E-state index in [2.05, 4.69) is 15.0 Å². The summed E-state index contributed by atoms with van der Waals surface area (Å²) < 4.78 is 13.0. The molecule has 0 saturated heterocycles. The van der Waals surface area contributed by atoms with Gasteiger partial charge in [0.05, 0.1) is 17.5 Å². The van der Waals surface area contributed by atoms with Gasteiger partial charge in [-0.25, -0.2) is 4.72 Å². The topological polar surface area (TPSA) is 103 Å². The highest BCUT2D eigenvalue weighted by Crippen LogP contribution is 2.25. The van der Waals surface area contributed by atoms with Crippen LogP contribution >= 0.6 is 0 Å². The maximum Gasteiger partial charge on any atom is 0.272 e. The molecule has 2 aromatic rings. The third kappa shape index (κ3) is 3.09. The van der Waals surface area contributed by atoms with Gasteiger partial charge in [-0.2, -0.15) is 0 Å². The normalized spacial score (nSPS) is 19.9. The van der Waals surface area contributed by atoms with Crippen molar-refractivity contribution in [1.82, 2.24) is 14.3 Å². The van der Waals surface area contributed by atoms with Crippen molar-refractivity contribution in [2.45, 2.75) is 10.9 Å². The van der Waals surface area contributed by atoms with Crippen molar-refractivity contribution >= 4 is 28.5 Å². The Balaban J connectivity index is 1.98. The average Bonchev–Trinajstić information content (AvgIpc) is 2.80. The summed E-state index contributed by atoms with van der Waals surface area (Å²) in [6.45, 7) is -0.0895. The molecule has 8 heteroatoms. The summed E-state index contributed by atoms with van der Waals surface area (Å²) in [5.41, 5.74) is 1.85. The van der Waals surface area contributed by atoms with Gasteiger partial charge in [-0.05, 0) is 23.0 Å². The SMILES string of the molecule is Cn1cc2c(c1C(=O)Nc1ccncc1)C=CC(CO)NS2=N. The fourth-order valence-electron chi connectivity index (χ4n) is 2.41. The third-order valence-corrected chi connectivity index (χ3v) is 4.82. The van der Waals surface area contributed by atoms with Crippen LogP contribution in [0.25, 0.3) is 6.08 Å². The molecule has 0 saturated carbocycles. The zero-order chi connectivity index (χ0) is 16.4. The van der Waals surface area contributed by atoms with E-state index >= 15 is 0 Å². The molecule has 2 aromatic heterocycles. The molecule has 4 N–H and O–H groups in total. The number of nitrogens with one attached hydrogen (secondary N) is 3. The summed E-state index contributed by atoms with van der Waals surface area (Å²) in [7, 11) is 0.784. The van der Waals surface area contributed by atoms with Crippen molar-refractivity contribution in [1.29, 1.82) is 4.78 Å². The van der Waals surface area contributed by atoms with Crippen LogP contribution in [0.1, 0.15) is 16.1 Å². The molecule has 3 rings (SSSR count). The van der Waals surface area contributed by atoms with Gasteiger partial charge in [-0.3, -0.25) is 14.6 Å². The lowest BCUT2D eigenvalue weighted by Crippen LogP contribution is -2.30. The number of nitrogens with zero attached hydrogens (tertiary/aromatic N) is 2. The number of aliphatic hydroxyl groups excluding tert-OH is 1. The van der Waals surface area contributed by atoms with Crippen LogP contribution in [-0.4, -0.2) is 33.2 Å². The molecule has 7 nitrogen and oxygen atoms in total. The lowest BCUT2D eigenvalue weighted by molar-refractivity contribution is 0.101. The molecule has 0 aliphatic carbocycles. The highest BCUT2D eigenvalue weighted by Gasteiger charge is 2.23. The van der Waals surface area contributed by atoms with Gasteiger partial charge in [-0.15, -0.1) is 0 Å². The molecule has 1 aliphatic heterocycles. The number of aromatic nitrogens is 2. The van der Waals surface area contributed by atoms with Crippen LogP contribution in [0.5, 0.6) is 0 Å². The number of amides is 1. The number of aliphatic hydroxyl groups is 1. The number of hydrogen-bond acceptors (Lipinski definition) is 4. The minimum atomic E-state index is -0.998. The molecule has 1 aliphatic rings. The molecule has 120 valence electrons. The van der Waals surface area contributed by atoms with Crippen LogP contribution in [-0.2, 0) is 17.9 Å². The fraction of sp³-hybridized carbons (Fsp3) is 0.200. The van der Waals surface area contributed by atoms with Gasteiger partial charge in [0.25, 0.3) is 5.91 Å². The highest BCUT2D eigenvalue weighted by molar-refractivity contribution is 7.84. The highest BCUT2D eigenvalue weighted by atomic mass is 32.2. The quantitative estimate of drug-likeness (QED) is 0.681. The second-order valence-electron chi connectivity index (χ2n) is 5.13. The van der Waals surface area contributed by atoms with Crippen LogP contribution in [0.4, 0.5) is 5.69 Å². The summed E-state index contributed by atoms with van der Waals surface area (Å²) in [5, 5.41) is 12.1. The molecule has 2 atom stereocenters. The van der Waals surface area contributed by atoms with Gasteiger partial charge in [0.15, 0.2) is 0 Å². The van der Waals surface area contributed by atoms with E-state index in [-0.39, 0.29) is 18.6 Å². The molecular formula is C15H17N5O2S. The lowest BCUT2D eigenvalue weighted by Gasteiger charge is -2.10. The van der Waals surface area contributed by atoms with E-state index in [1.54, 1.807) is 54.5 Å². The van der Waals surface area contributed by atoms with Gasteiger partial charge < -0.3 is 15.0 Å². The fourth-order valence-corrected chi connectivity index (χ4v) is 3.64. The van der Waals surface area contributed by atoms with Gasteiger partial charge in [-0.1, -0.05) is 12.2 Å². The minimum Gasteiger partial charge on any atom is -0.394 e. The number of fused-ring (bicyclic) bond motifs is 1. The summed E-state index contributed by atoms with van der Waals surface area (Å²) in [5.74, 6) is -0.246. The van der Waals surface area contributed by atoms with Crippen molar-refractivity contribution in [2.75, 3.05) is 11.9 Å². The first kappa shape index (κ1) is 15.6. The molecule has 23 heavy (non-hydrogen) atoms. The summed E-state index contributed by atoms with van der Waals surface area (Å²) >= 11 is 0. The Morgan fingerprint density at radius 1 is 1.52 bits per heavy atom. The average molecular weight is 331 g/mol. The largest absolute Gasteiger partial charge is 0.394 e. The van der Waals surface area contributed by atoms with Gasteiger partial charge >= 0.3 is 0 Å². The number of hydrogen-bond donors (Lipinski definition) is 4. The first-order valence-electron chi connectivity index (χ1n) is 7.01. The summed E-state index contributed by atoms with van der Waals surface area (Å²) in [6, 6.07) is 3.14. The van der Waals surface area contributed by atoms with E-state index < -0.39 is 10.9 Å². The zero-order valence-corrected chi connectivity index (χ0v) is 13.3. The Morgan fingerprint density at radius 3 is 2.96 bits per heavy atom.